The molecule has 0 saturated heterocycles. The van der Waals surface area contributed by atoms with Gasteiger partial charge >= 0.3 is 5.97 Å². The number of nitrogens with one attached hydrogen (secondary N) is 1. The molecule has 0 spiro atoms. The molecule has 2 rings (SSSR count). The van der Waals surface area contributed by atoms with E-state index < -0.39 is 5.97 Å². The molecule has 0 amide bonds. The van der Waals surface area contributed by atoms with Gasteiger partial charge in [0.15, 0.2) is 0 Å². The van der Waals surface area contributed by atoms with Crippen molar-refractivity contribution in [1.29, 1.82) is 0 Å². The molecule has 1 aromatic rings. The van der Waals surface area contributed by atoms with E-state index in [9.17, 15) is 4.79 Å². The van der Waals surface area contributed by atoms with Gasteiger partial charge in [0.05, 0.1) is 5.92 Å². The van der Waals surface area contributed by atoms with E-state index in [1.165, 1.54) is 11.1 Å². The fourth-order valence-corrected chi connectivity index (χ4v) is 3.03. The maximum atomic E-state index is 11.1. The third-order valence-corrected chi connectivity index (χ3v) is 4.36. The van der Waals surface area contributed by atoms with Crippen molar-refractivity contribution in [2.45, 2.75) is 45.6 Å². The standard InChI is InChI=1S/C17H25NO2/c1-12(2)14-8-6-13(7-9-14)10-18-11-15-4-3-5-16(15)17(19)20/h6-9,12,15-16,18H,3-5,10-11H2,1-2H3,(H,19,20). The Balaban J connectivity index is 1.79. The van der Waals surface area contributed by atoms with E-state index in [2.05, 4.69) is 43.4 Å². The summed E-state index contributed by atoms with van der Waals surface area (Å²) >= 11 is 0. The smallest absolute Gasteiger partial charge is 0.306 e. The summed E-state index contributed by atoms with van der Waals surface area (Å²) in [5.41, 5.74) is 2.62. The number of hydrogen-bond donors (Lipinski definition) is 2. The van der Waals surface area contributed by atoms with Crippen molar-refractivity contribution in [2.24, 2.45) is 11.8 Å². The van der Waals surface area contributed by atoms with Crippen LogP contribution >= 0.6 is 0 Å². The molecule has 1 fully saturated rings. The Morgan fingerprint density at radius 1 is 1.30 bits per heavy atom. The largest absolute Gasteiger partial charge is 0.481 e. The van der Waals surface area contributed by atoms with Gasteiger partial charge in [-0.3, -0.25) is 4.79 Å². The summed E-state index contributed by atoms with van der Waals surface area (Å²) in [5, 5.41) is 12.6. The third-order valence-electron chi connectivity index (χ3n) is 4.36. The van der Waals surface area contributed by atoms with Crippen molar-refractivity contribution in [3.8, 4) is 0 Å². The second-order valence-corrected chi connectivity index (χ2v) is 6.16. The predicted octanol–water partition coefficient (Wildman–Crippen LogP) is 3.40. The van der Waals surface area contributed by atoms with Crippen molar-refractivity contribution in [2.75, 3.05) is 6.54 Å². The highest BCUT2D eigenvalue weighted by molar-refractivity contribution is 5.70. The molecule has 1 saturated carbocycles. The Hall–Kier alpha value is -1.35. The van der Waals surface area contributed by atoms with Crippen LogP contribution in [0.4, 0.5) is 0 Å². The van der Waals surface area contributed by atoms with E-state index in [0.717, 1.165) is 32.4 Å². The lowest BCUT2D eigenvalue weighted by atomic mass is 9.96. The normalized spacial score (nSPS) is 22.4. The van der Waals surface area contributed by atoms with Gasteiger partial charge in [0.2, 0.25) is 0 Å². The molecule has 0 aromatic heterocycles. The van der Waals surface area contributed by atoms with Crippen molar-refractivity contribution in [3.63, 3.8) is 0 Å². The average molecular weight is 275 g/mol. The molecule has 3 heteroatoms. The minimum atomic E-state index is -0.629. The molecule has 0 bridgehead atoms. The van der Waals surface area contributed by atoms with Crippen LogP contribution in [0.3, 0.4) is 0 Å². The molecular formula is C17H25NO2. The Morgan fingerprint density at radius 2 is 2.00 bits per heavy atom. The lowest BCUT2D eigenvalue weighted by molar-refractivity contribution is -0.142. The van der Waals surface area contributed by atoms with Gasteiger partial charge in [-0.25, -0.2) is 0 Å². The highest BCUT2D eigenvalue weighted by atomic mass is 16.4. The van der Waals surface area contributed by atoms with Gasteiger partial charge in [-0.1, -0.05) is 44.5 Å². The molecule has 1 aromatic carbocycles. The number of carbonyl (C=O) groups is 1. The van der Waals surface area contributed by atoms with Crippen LogP contribution in [0.15, 0.2) is 24.3 Å². The van der Waals surface area contributed by atoms with Gasteiger partial charge in [-0.05, 0) is 42.3 Å². The fourth-order valence-electron chi connectivity index (χ4n) is 3.03. The van der Waals surface area contributed by atoms with E-state index in [0.29, 0.717) is 11.8 Å². The molecule has 20 heavy (non-hydrogen) atoms. The highest BCUT2D eigenvalue weighted by Gasteiger charge is 2.32. The first kappa shape index (κ1) is 15.0. The van der Waals surface area contributed by atoms with Crippen LogP contribution in [0.2, 0.25) is 0 Å². The minimum Gasteiger partial charge on any atom is -0.481 e. The van der Waals surface area contributed by atoms with Crippen molar-refractivity contribution >= 4 is 5.97 Å². The predicted molar refractivity (Wildman–Crippen MR) is 80.7 cm³/mol. The molecule has 3 nitrogen and oxygen atoms in total. The van der Waals surface area contributed by atoms with Crippen LogP contribution in [-0.2, 0) is 11.3 Å². The Morgan fingerprint density at radius 3 is 2.60 bits per heavy atom. The van der Waals surface area contributed by atoms with E-state index >= 15 is 0 Å². The average Bonchev–Trinajstić information content (AvgIpc) is 2.88. The molecule has 2 unspecified atom stereocenters. The van der Waals surface area contributed by atoms with Crippen molar-refractivity contribution < 1.29 is 9.90 Å². The molecule has 2 atom stereocenters. The maximum absolute atomic E-state index is 11.1. The van der Waals surface area contributed by atoms with Crippen LogP contribution in [0.25, 0.3) is 0 Å². The maximum Gasteiger partial charge on any atom is 0.306 e. The van der Waals surface area contributed by atoms with Gasteiger partial charge in [0.1, 0.15) is 0 Å². The number of carboxylic acid groups (broad SMARTS) is 1. The van der Waals surface area contributed by atoms with Gasteiger partial charge in [0.25, 0.3) is 0 Å². The first-order valence-corrected chi connectivity index (χ1v) is 7.60. The van der Waals surface area contributed by atoms with Gasteiger partial charge in [-0.15, -0.1) is 0 Å². The van der Waals surface area contributed by atoms with Crippen LogP contribution in [-0.4, -0.2) is 17.6 Å². The van der Waals surface area contributed by atoms with Crippen LogP contribution < -0.4 is 5.32 Å². The lowest BCUT2D eigenvalue weighted by Gasteiger charge is -2.16. The number of hydrogen-bond acceptors (Lipinski definition) is 2. The van der Waals surface area contributed by atoms with E-state index in [-0.39, 0.29) is 5.92 Å². The molecule has 0 radical (unpaired) electrons. The zero-order valence-electron chi connectivity index (χ0n) is 12.4. The van der Waals surface area contributed by atoms with Crippen LogP contribution in [0, 0.1) is 11.8 Å². The molecule has 0 aliphatic heterocycles. The first-order chi connectivity index (χ1) is 9.58. The monoisotopic (exact) mass is 275 g/mol. The zero-order chi connectivity index (χ0) is 14.5. The van der Waals surface area contributed by atoms with Crippen molar-refractivity contribution in [3.05, 3.63) is 35.4 Å². The summed E-state index contributed by atoms with van der Waals surface area (Å²) in [5.74, 6) is 0.0793. The number of benzene rings is 1. The summed E-state index contributed by atoms with van der Waals surface area (Å²) in [4.78, 5) is 11.1. The molecular weight excluding hydrogens is 250 g/mol. The number of carboxylic acids is 1. The Labute approximate surface area is 121 Å². The summed E-state index contributed by atoms with van der Waals surface area (Å²) in [7, 11) is 0. The molecule has 1 aliphatic rings. The summed E-state index contributed by atoms with van der Waals surface area (Å²) < 4.78 is 0. The Bertz CT molecular complexity index is 439. The molecule has 0 heterocycles. The Kier molecular flexibility index (Phi) is 5.18. The van der Waals surface area contributed by atoms with Crippen molar-refractivity contribution in [1.82, 2.24) is 5.32 Å². The molecule has 110 valence electrons. The van der Waals surface area contributed by atoms with E-state index in [4.69, 9.17) is 5.11 Å². The lowest BCUT2D eigenvalue weighted by Crippen LogP contribution is -2.28. The quantitative estimate of drug-likeness (QED) is 0.836. The van der Waals surface area contributed by atoms with Gasteiger partial charge < -0.3 is 10.4 Å². The summed E-state index contributed by atoms with van der Waals surface area (Å²) in [6.45, 7) is 6.02. The molecule has 2 N–H and O–H groups in total. The first-order valence-electron chi connectivity index (χ1n) is 7.60. The second-order valence-electron chi connectivity index (χ2n) is 6.16. The van der Waals surface area contributed by atoms with Gasteiger partial charge in [-0.2, -0.15) is 0 Å². The zero-order valence-corrected chi connectivity index (χ0v) is 12.4. The van der Waals surface area contributed by atoms with E-state index in [1.54, 1.807) is 0 Å². The van der Waals surface area contributed by atoms with Gasteiger partial charge in [0, 0.05) is 6.54 Å². The highest BCUT2D eigenvalue weighted by Crippen LogP contribution is 2.31. The fraction of sp³-hybridized carbons (Fsp3) is 0.588. The molecule has 1 aliphatic carbocycles. The number of aliphatic carboxylic acids is 1. The second kappa shape index (κ2) is 6.89. The third kappa shape index (κ3) is 3.83. The van der Waals surface area contributed by atoms with Crippen LogP contribution in [0.1, 0.15) is 50.2 Å². The SMILES string of the molecule is CC(C)c1ccc(CNCC2CCCC2C(=O)O)cc1. The topological polar surface area (TPSA) is 49.3 Å². The summed E-state index contributed by atoms with van der Waals surface area (Å²) in [6.07, 6.45) is 2.92. The minimum absolute atomic E-state index is 0.147. The van der Waals surface area contributed by atoms with E-state index in [1.807, 2.05) is 0 Å². The number of rotatable bonds is 6. The van der Waals surface area contributed by atoms with Crippen LogP contribution in [0.5, 0.6) is 0 Å². The summed E-state index contributed by atoms with van der Waals surface area (Å²) in [6, 6.07) is 8.67.